The summed E-state index contributed by atoms with van der Waals surface area (Å²) >= 11 is 2.08. The molecule has 0 spiro atoms. The van der Waals surface area contributed by atoms with E-state index >= 15 is 0 Å². The average Bonchev–Trinajstić information content (AvgIpc) is 3.13. The number of carbonyl (C=O) groups excluding carboxylic acids is 1. The normalized spacial score (nSPS) is 12.2. The molecule has 3 aromatic rings. The summed E-state index contributed by atoms with van der Waals surface area (Å²) < 4.78 is 34.8. The Balaban J connectivity index is 0.00000176. The van der Waals surface area contributed by atoms with E-state index < -0.39 is 23.6 Å². The molecule has 7 nitrogen and oxygen atoms in total. The number of hydrogen-bond donors (Lipinski definition) is 1. The maximum atomic E-state index is 14.5. The SMILES string of the molecule is CC.COC(=O)CC(Nc1nc(-c2cn(SI)c3ncc(F)cc23)ncc1F)C(C)(C)C. The number of ether oxygens (including phenoxy) is 1. The highest BCUT2D eigenvalue weighted by Gasteiger charge is 2.29. The number of esters is 1. The van der Waals surface area contributed by atoms with Gasteiger partial charge in [0.25, 0.3) is 0 Å². The predicted molar refractivity (Wildman–Crippen MR) is 133 cm³/mol. The topological polar surface area (TPSA) is 81.9 Å². The molecule has 0 aromatic carbocycles. The van der Waals surface area contributed by atoms with Crippen molar-refractivity contribution in [1.82, 2.24) is 18.9 Å². The van der Waals surface area contributed by atoms with Gasteiger partial charge in [0.1, 0.15) is 5.82 Å². The fourth-order valence-electron chi connectivity index (χ4n) is 2.87. The third kappa shape index (κ3) is 6.06. The van der Waals surface area contributed by atoms with Gasteiger partial charge in [-0.1, -0.05) is 34.6 Å². The van der Waals surface area contributed by atoms with Gasteiger partial charge in [-0.2, -0.15) is 0 Å². The first-order chi connectivity index (χ1) is 15.1. The number of anilines is 1. The second kappa shape index (κ2) is 11.2. The minimum atomic E-state index is -0.658. The second-order valence-corrected chi connectivity index (χ2v) is 9.41. The molecule has 0 saturated carbocycles. The summed E-state index contributed by atoms with van der Waals surface area (Å²) in [5, 5.41) is 3.53. The first-order valence-corrected chi connectivity index (χ1v) is 13.3. The fraction of sp³-hybridized carbons (Fsp3) is 0.429. The van der Waals surface area contributed by atoms with Crippen LogP contribution in [0.4, 0.5) is 14.6 Å². The number of halogens is 3. The van der Waals surface area contributed by atoms with E-state index in [9.17, 15) is 13.6 Å². The van der Waals surface area contributed by atoms with Crippen molar-refractivity contribution < 1.29 is 18.3 Å². The molecule has 174 valence electrons. The van der Waals surface area contributed by atoms with E-state index in [1.54, 1.807) is 10.2 Å². The van der Waals surface area contributed by atoms with Crippen molar-refractivity contribution in [3.8, 4) is 11.4 Å². The van der Waals surface area contributed by atoms with Gasteiger partial charge in [-0.05, 0) is 11.5 Å². The fourth-order valence-corrected chi connectivity index (χ4v) is 4.13. The number of methoxy groups -OCH3 is 1. The monoisotopic (exact) mass is 577 g/mol. The Labute approximate surface area is 202 Å². The van der Waals surface area contributed by atoms with Gasteiger partial charge >= 0.3 is 5.97 Å². The molecule has 1 unspecified atom stereocenters. The van der Waals surface area contributed by atoms with Gasteiger partial charge in [0.15, 0.2) is 23.1 Å². The lowest BCUT2D eigenvalue weighted by Crippen LogP contribution is -2.37. The molecule has 0 radical (unpaired) electrons. The first-order valence-electron chi connectivity index (χ1n) is 9.96. The van der Waals surface area contributed by atoms with Crippen molar-refractivity contribution in [2.45, 2.75) is 47.1 Å². The van der Waals surface area contributed by atoms with Crippen LogP contribution in [0.5, 0.6) is 0 Å². The second-order valence-electron chi connectivity index (χ2n) is 7.70. The summed E-state index contributed by atoms with van der Waals surface area (Å²) in [4.78, 5) is 24.4. The molecule has 11 heteroatoms. The summed E-state index contributed by atoms with van der Waals surface area (Å²) in [6.07, 6.45) is 3.95. The summed E-state index contributed by atoms with van der Waals surface area (Å²) in [6, 6.07) is 0.906. The van der Waals surface area contributed by atoms with Crippen LogP contribution in [0.3, 0.4) is 0 Å². The number of pyridine rings is 1. The molecule has 0 aliphatic carbocycles. The molecule has 0 fully saturated rings. The molecule has 0 saturated heterocycles. The molecule has 1 atom stereocenters. The van der Waals surface area contributed by atoms with E-state index in [-0.39, 0.29) is 23.5 Å². The van der Waals surface area contributed by atoms with E-state index in [1.165, 1.54) is 22.3 Å². The van der Waals surface area contributed by atoms with Gasteiger partial charge in [0.2, 0.25) is 0 Å². The first kappa shape index (κ1) is 26.2. The summed E-state index contributed by atoms with van der Waals surface area (Å²) in [5.41, 5.74) is 0.683. The lowest BCUT2D eigenvalue weighted by Gasteiger charge is -2.31. The van der Waals surface area contributed by atoms with E-state index in [4.69, 9.17) is 4.74 Å². The number of rotatable bonds is 6. The van der Waals surface area contributed by atoms with Crippen LogP contribution in [0.15, 0.2) is 24.7 Å². The van der Waals surface area contributed by atoms with E-state index in [0.29, 0.717) is 16.6 Å². The van der Waals surface area contributed by atoms with Gasteiger partial charge in [0.05, 0.1) is 25.9 Å². The van der Waals surface area contributed by atoms with Gasteiger partial charge in [0, 0.05) is 53.5 Å². The smallest absolute Gasteiger partial charge is 0.307 e. The number of carbonyl (C=O) groups is 1. The molecule has 3 heterocycles. The molecular formula is C21H26F2IN5O2S. The highest BCUT2D eigenvalue weighted by Crippen LogP contribution is 2.33. The number of nitrogens with zero attached hydrogens (tertiary/aromatic N) is 4. The Hall–Kier alpha value is -2.02. The van der Waals surface area contributed by atoms with Crippen molar-refractivity contribution >= 4 is 53.1 Å². The van der Waals surface area contributed by atoms with Crippen LogP contribution in [0, 0.1) is 17.0 Å². The van der Waals surface area contributed by atoms with Gasteiger partial charge < -0.3 is 10.1 Å². The van der Waals surface area contributed by atoms with Crippen LogP contribution < -0.4 is 5.32 Å². The molecule has 3 rings (SSSR count). The molecule has 0 bridgehead atoms. The van der Waals surface area contributed by atoms with E-state index in [2.05, 4.69) is 41.5 Å². The van der Waals surface area contributed by atoms with E-state index in [1.807, 2.05) is 34.6 Å². The van der Waals surface area contributed by atoms with Crippen LogP contribution >= 0.6 is 30.3 Å². The largest absolute Gasteiger partial charge is 0.469 e. The Morgan fingerprint density at radius 3 is 2.56 bits per heavy atom. The Morgan fingerprint density at radius 2 is 1.97 bits per heavy atom. The highest BCUT2D eigenvalue weighted by atomic mass is 127. The minimum absolute atomic E-state index is 0.0404. The number of nitrogens with one attached hydrogen (secondary N) is 1. The molecular weight excluding hydrogens is 551 g/mol. The predicted octanol–water partition coefficient (Wildman–Crippen LogP) is 6.03. The Morgan fingerprint density at radius 1 is 1.28 bits per heavy atom. The zero-order valence-electron chi connectivity index (χ0n) is 18.7. The molecule has 1 N–H and O–H groups in total. The van der Waals surface area contributed by atoms with Crippen LogP contribution in [0.25, 0.3) is 22.4 Å². The van der Waals surface area contributed by atoms with Crippen molar-refractivity contribution in [3.05, 3.63) is 36.3 Å². The maximum absolute atomic E-state index is 14.5. The van der Waals surface area contributed by atoms with Crippen molar-refractivity contribution in [3.63, 3.8) is 0 Å². The zero-order valence-corrected chi connectivity index (χ0v) is 21.7. The molecule has 0 aliphatic heterocycles. The summed E-state index contributed by atoms with van der Waals surface area (Å²) in [7, 11) is 2.66. The number of hydrogen-bond acceptors (Lipinski definition) is 7. The van der Waals surface area contributed by atoms with Gasteiger partial charge in [-0.15, -0.1) is 0 Å². The van der Waals surface area contributed by atoms with Crippen molar-refractivity contribution in [2.75, 3.05) is 12.4 Å². The minimum Gasteiger partial charge on any atom is -0.469 e. The van der Waals surface area contributed by atoms with Crippen molar-refractivity contribution in [1.29, 1.82) is 0 Å². The molecule has 3 aromatic heterocycles. The maximum Gasteiger partial charge on any atom is 0.307 e. The summed E-state index contributed by atoms with van der Waals surface area (Å²) in [5.74, 6) is -1.40. The van der Waals surface area contributed by atoms with Crippen LogP contribution in [-0.4, -0.2) is 38.0 Å². The lowest BCUT2D eigenvalue weighted by atomic mass is 9.84. The summed E-state index contributed by atoms with van der Waals surface area (Å²) in [6.45, 7) is 9.77. The number of aromatic nitrogens is 4. The number of fused-ring (bicyclic) bond motifs is 1. The zero-order chi connectivity index (χ0) is 24.1. The average molecular weight is 577 g/mol. The Bertz CT molecular complexity index is 1090. The van der Waals surface area contributed by atoms with E-state index in [0.717, 1.165) is 12.4 Å². The Kier molecular flexibility index (Phi) is 9.19. The van der Waals surface area contributed by atoms with Crippen molar-refractivity contribution in [2.24, 2.45) is 5.41 Å². The van der Waals surface area contributed by atoms with Crippen LogP contribution in [0.1, 0.15) is 41.0 Å². The van der Waals surface area contributed by atoms with Crippen LogP contribution in [-0.2, 0) is 9.53 Å². The molecule has 0 aliphatic rings. The van der Waals surface area contributed by atoms with Gasteiger partial charge in [-0.25, -0.2) is 23.7 Å². The molecule has 32 heavy (non-hydrogen) atoms. The van der Waals surface area contributed by atoms with Gasteiger partial charge in [-0.3, -0.25) is 8.77 Å². The third-order valence-corrected chi connectivity index (χ3v) is 6.29. The third-order valence-electron chi connectivity index (χ3n) is 4.59. The highest BCUT2D eigenvalue weighted by molar-refractivity contribution is 14.2. The lowest BCUT2D eigenvalue weighted by molar-refractivity contribution is -0.141. The quantitative estimate of drug-likeness (QED) is 0.283. The molecule has 0 amide bonds. The standard InChI is InChI=1S/C19H20F2IN5O2S.C2H6/c1-19(2,3)14(6-15(28)29-4)25-17-13(21)8-23-16(26-17)12-9-27(30-22)18-11(12)5-10(20)7-24-18;1-2/h5,7-9,14H,6H2,1-4H3,(H,23,25,26);1-2H3. The van der Waals surface area contributed by atoms with Crippen LogP contribution in [0.2, 0.25) is 0 Å².